The Hall–Kier alpha value is -2.81. The van der Waals surface area contributed by atoms with E-state index in [0.29, 0.717) is 10.6 Å². The maximum Gasteiger partial charge on any atom is 0.183 e. The number of benzene rings is 4. The van der Waals surface area contributed by atoms with Gasteiger partial charge < -0.3 is 0 Å². The van der Waals surface area contributed by atoms with Gasteiger partial charge in [-0.25, -0.2) is 0 Å². The average molecular weight is 584 g/mol. The van der Waals surface area contributed by atoms with E-state index in [-0.39, 0.29) is 27.7 Å². The minimum absolute atomic E-state index is 0.0000175. The summed E-state index contributed by atoms with van der Waals surface area (Å²) in [5, 5.41) is 6.25. The van der Waals surface area contributed by atoms with Crippen molar-refractivity contribution in [2.75, 3.05) is 0 Å². The Morgan fingerprint density at radius 2 is 1.56 bits per heavy atom. The summed E-state index contributed by atoms with van der Waals surface area (Å²) in [6.07, 6.45) is 9.67. The van der Waals surface area contributed by atoms with Crippen LogP contribution in [-0.4, -0.2) is 11.2 Å². The molecule has 4 aromatic carbocycles. The molecule has 4 atom stereocenters. The highest BCUT2D eigenvalue weighted by Gasteiger charge is 2.52. The van der Waals surface area contributed by atoms with Crippen LogP contribution >= 0.6 is 46.4 Å². The van der Waals surface area contributed by atoms with E-state index in [1.807, 2.05) is 0 Å². The quantitative estimate of drug-likeness (QED) is 0.167. The first-order valence-corrected chi connectivity index (χ1v) is 14.7. The molecule has 1 saturated carbocycles. The van der Waals surface area contributed by atoms with Crippen LogP contribution < -0.4 is 5.22 Å². The third-order valence-corrected chi connectivity index (χ3v) is 11.3. The molecular weight excluding hydrogens is 566 g/mol. The van der Waals surface area contributed by atoms with E-state index < -0.39 is 11.3 Å². The normalized spacial score (nSPS) is 25.9. The lowest BCUT2D eigenvalue weighted by Crippen LogP contribution is -2.45. The number of carbonyl (C=O) groups excluding carboxylic acids is 1. The van der Waals surface area contributed by atoms with Crippen LogP contribution in [0.25, 0.3) is 44.8 Å². The molecule has 4 unspecified atom stereocenters. The SMILES string of the molecule is O=C1C(Cl)=C(Cl)C(Cl)=C2C(Cl)C3=CC=c4c5c(c6ccc7c8c(ccc4c68)Cc4ccccc4-7)C=CC(C12)C35. The van der Waals surface area contributed by atoms with Crippen molar-refractivity contribution in [3.63, 3.8) is 0 Å². The van der Waals surface area contributed by atoms with Crippen LogP contribution in [0.1, 0.15) is 28.2 Å². The van der Waals surface area contributed by atoms with Crippen molar-refractivity contribution in [1.82, 2.24) is 0 Å². The molecule has 5 aliphatic carbocycles. The highest BCUT2D eigenvalue weighted by Crippen LogP contribution is 2.58. The fraction of sp³-hybridized carbons (Fsp3) is 0.147. The van der Waals surface area contributed by atoms with E-state index in [2.05, 4.69) is 72.8 Å². The number of carbonyl (C=O) groups is 1. The summed E-state index contributed by atoms with van der Waals surface area (Å²) >= 11 is 26.6. The predicted molar refractivity (Wildman–Crippen MR) is 162 cm³/mol. The monoisotopic (exact) mass is 582 g/mol. The third-order valence-electron chi connectivity index (χ3n) is 9.50. The van der Waals surface area contributed by atoms with Gasteiger partial charge in [0.2, 0.25) is 0 Å². The topological polar surface area (TPSA) is 17.1 Å². The molecule has 188 valence electrons. The molecule has 0 heterocycles. The maximum atomic E-state index is 13.5. The summed E-state index contributed by atoms with van der Waals surface area (Å²) in [5.74, 6) is -0.902. The van der Waals surface area contributed by atoms with Gasteiger partial charge in [0.25, 0.3) is 0 Å². The summed E-state index contributed by atoms with van der Waals surface area (Å²) in [7, 11) is 0. The lowest BCUT2D eigenvalue weighted by atomic mass is 9.58. The van der Waals surface area contributed by atoms with Gasteiger partial charge in [0.15, 0.2) is 5.78 Å². The number of allylic oxidation sites excluding steroid dienone is 7. The number of alkyl halides is 1. The van der Waals surface area contributed by atoms with Crippen molar-refractivity contribution in [3.8, 4) is 11.1 Å². The number of hydrogen-bond donors (Lipinski definition) is 0. The number of Topliss-reactive ketones (excluding diaryl/α,β-unsaturated/α-hetero) is 1. The minimum Gasteiger partial charge on any atom is -0.292 e. The van der Waals surface area contributed by atoms with Crippen LogP contribution in [0.3, 0.4) is 0 Å². The molecule has 4 aromatic rings. The van der Waals surface area contributed by atoms with E-state index in [1.165, 1.54) is 60.1 Å². The lowest BCUT2D eigenvalue weighted by Gasteiger charge is -2.47. The molecule has 0 saturated heterocycles. The molecule has 0 bridgehead atoms. The Kier molecular flexibility index (Phi) is 4.52. The summed E-state index contributed by atoms with van der Waals surface area (Å²) < 4.78 is 0. The van der Waals surface area contributed by atoms with E-state index in [9.17, 15) is 4.79 Å². The third kappa shape index (κ3) is 2.68. The van der Waals surface area contributed by atoms with Crippen molar-refractivity contribution < 1.29 is 4.79 Å². The van der Waals surface area contributed by atoms with Crippen LogP contribution in [-0.2, 0) is 11.2 Å². The van der Waals surface area contributed by atoms with Gasteiger partial charge in [-0.2, -0.15) is 0 Å². The predicted octanol–water partition coefficient (Wildman–Crippen LogP) is 8.73. The van der Waals surface area contributed by atoms with Crippen molar-refractivity contribution >= 4 is 85.9 Å². The fourth-order valence-corrected chi connectivity index (χ4v) is 9.26. The summed E-state index contributed by atoms with van der Waals surface area (Å²) in [4.78, 5) is 13.5. The molecular formula is C34H18Cl4O. The first-order valence-electron chi connectivity index (χ1n) is 13.1. The smallest absolute Gasteiger partial charge is 0.183 e. The standard InChI is InChI=1S/C34H18Cl4O/c35-30-23-12-10-21-18-6-5-15-13-14-3-1-2-4-16(14)17-7-8-19(25(18)24(15)17)20-9-11-22(27(23)26(20)21)28-29(30)31(36)32(37)33(38)34(28)39/h1-12,22,27-28,30H,13H2. The lowest BCUT2D eigenvalue weighted by molar-refractivity contribution is -0.119. The van der Waals surface area contributed by atoms with Gasteiger partial charge in [0.1, 0.15) is 5.03 Å². The molecule has 0 aromatic heterocycles. The van der Waals surface area contributed by atoms with Gasteiger partial charge in [0.05, 0.1) is 21.4 Å². The molecule has 0 spiro atoms. The zero-order chi connectivity index (χ0) is 26.3. The summed E-state index contributed by atoms with van der Waals surface area (Å²) in [5.41, 5.74) is 9.56. The van der Waals surface area contributed by atoms with Gasteiger partial charge in [-0.15, -0.1) is 11.6 Å². The van der Waals surface area contributed by atoms with Crippen molar-refractivity contribution in [2.45, 2.75) is 17.7 Å². The Morgan fingerprint density at radius 1 is 0.744 bits per heavy atom. The van der Waals surface area contributed by atoms with E-state index in [1.54, 1.807) is 0 Å². The number of hydrogen-bond acceptors (Lipinski definition) is 1. The zero-order valence-electron chi connectivity index (χ0n) is 20.4. The zero-order valence-corrected chi connectivity index (χ0v) is 23.4. The Labute approximate surface area is 244 Å². The van der Waals surface area contributed by atoms with Crippen LogP contribution in [0, 0.1) is 11.8 Å². The molecule has 1 nitrogen and oxygen atoms in total. The average Bonchev–Trinajstić information content (AvgIpc) is 2.97. The van der Waals surface area contributed by atoms with Gasteiger partial charge in [-0.1, -0.05) is 108 Å². The number of fused-ring (bicyclic) bond motifs is 6. The minimum atomic E-state index is -0.532. The second kappa shape index (κ2) is 7.68. The Balaban J connectivity index is 1.38. The fourth-order valence-electron chi connectivity index (χ4n) is 7.96. The number of rotatable bonds is 0. The van der Waals surface area contributed by atoms with Crippen molar-refractivity contribution in [2.24, 2.45) is 11.8 Å². The highest BCUT2D eigenvalue weighted by molar-refractivity contribution is 6.55. The number of ketones is 1. The number of halogens is 4. The van der Waals surface area contributed by atoms with Crippen LogP contribution in [0.4, 0.5) is 0 Å². The van der Waals surface area contributed by atoms with Crippen LogP contribution in [0.5, 0.6) is 0 Å². The van der Waals surface area contributed by atoms with Gasteiger partial charge in [0, 0.05) is 11.8 Å². The maximum absolute atomic E-state index is 13.5. The molecule has 0 amide bonds. The van der Waals surface area contributed by atoms with E-state index in [0.717, 1.165) is 12.0 Å². The van der Waals surface area contributed by atoms with Gasteiger partial charge in [-0.05, 0) is 77.7 Å². The first kappa shape index (κ1) is 22.9. The second-order valence-electron chi connectivity index (χ2n) is 11.1. The van der Waals surface area contributed by atoms with E-state index >= 15 is 0 Å². The molecule has 0 radical (unpaired) electrons. The molecule has 0 N–H and O–H groups in total. The molecule has 1 fully saturated rings. The van der Waals surface area contributed by atoms with Gasteiger partial charge in [-0.3, -0.25) is 4.79 Å². The molecule has 9 rings (SSSR count). The Morgan fingerprint density at radius 3 is 2.44 bits per heavy atom. The second-order valence-corrected chi connectivity index (χ2v) is 12.7. The van der Waals surface area contributed by atoms with Crippen molar-refractivity contribution in [3.05, 3.63) is 114 Å². The highest BCUT2D eigenvalue weighted by atomic mass is 35.5. The molecule has 39 heavy (non-hydrogen) atoms. The van der Waals surface area contributed by atoms with Crippen molar-refractivity contribution in [1.29, 1.82) is 0 Å². The largest absolute Gasteiger partial charge is 0.292 e. The van der Waals surface area contributed by atoms with Gasteiger partial charge >= 0.3 is 0 Å². The van der Waals surface area contributed by atoms with Crippen LogP contribution in [0.2, 0.25) is 0 Å². The Bertz CT molecular complexity index is 2080. The molecule has 5 aliphatic rings. The molecule has 5 heteroatoms. The first-order chi connectivity index (χ1) is 19.0. The summed E-state index contributed by atoms with van der Waals surface area (Å²) in [6, 6.07) is 17.9. The van der Waals surface area contributed by atoms with E-state index in [4.69, 9.17) is 46.4 Å². The molecule has 0 aliphatic heterocycles. The van der Waals surface area contributed by atoms with Crippen LogP contribution in [0.15, 0.2) is 86.9 Å². The summed E-state index contributed by atoms with van der Waals surface area (Å²) in [6.45, 7) is 0.